The van der Waals surface area contributed by atoms with Crippen LogP contribution >= 0.6 is 0 Å². The zero-order chi connectivity index (χ0) is 10.0. The highest BCUT2D eigenvalue weighted by Crippen LogP contribution is 2.37. The molecule has 3 heteroatoms. The van der Waals surface area contributed by atoms with E-state index in [0.29, 0.717) is 31.6 Å². The molecule has 1 fully saturated rings. The third-order valence-corrected chi connectivity index (χ3v) is 2.65. The van der Waals surface area contributed by atoms with Crippen molar-refractivity contribution < 1.29 is 14.2 Å². The number of rotatable bonds is 1. The van der Waals surface area contributed by atoms with Gasteiger partial charge in [-0.1, -0.05) is 12.1 Å². The van der Waals surface area contributed by atoms with E-state index in [4.69, 9.17) is 4.74 Å². The van der Waals surface area contributed by atoms with Crippen molar-refractivity contribution in [2.75, 3.05) is 13.2 Å². The van der Waals surface area contributed by atoms with Crippen LogP contribution in [-0.2, 0) is 10.4 Å². The monoisotopic (exact) mass is 196 g/mol. The maximum atomic E-state index is 14.3. The number of halogens is 1. The van der Waals surface area contributed by atoms with Gasteiger partial charge in [0.1, 0.15) is 11.4 Å². The summed E-state index contributed by atoms with van der Waals surface area (Å²) in [5, 5.41) is 9.26. The second-order valence-electron chi connectivity index (χ2n) is 3.63. The molecule has 0 aliphatic carbocycles. The fraction of sp³-hybridized carbons (Fsp3) is 0.455. The Kier molecular flexibility index (Phi) is 2.42. The van der Waals surface area contributed by atoms with E-state index >= 15 is 0 Å². The zero-order valence-corrected chi connectivity index (χ0v) is 7.87. The van der Waals surface area contributed by atoms with Gasteiger partial charge in [0.05, 0.1) is 0 Å². The van der Waals surface area contributed by atoms with Crippen LogP contribution in [0.1, 0.15) is 18.4 Å². The minimum Gasteiger partial charge on any atom is -0.508 e. The lowest BCUT2D eigenvalue weighted by Crippen LogP contribution is -2.29. The fourth-order valence-corrected chi connectivity index (χ4v) is 1.77. The number of hydrogen-bond acceptors (Lipinski definition) is 2. The molecule has 0 atom stereocenters. The van der Waals surface area contributed by atoms with E-state index in [1.807, 2.05) is 0 Å². The number of aromatic hydroxyl groups is 1. The molecule has 0 unspecified atom stereocenters. The molecule has 0 aromatic heterocycles. The Balaban J connectivity index is 2.28. The molecule has 1 aliphatic heterocycles. The third-order valence-electron chi connectivity index (χ3n) is 2.65. The maximum absolute atomic E-state index is 14.3. The van der Waals surface area contributed by atoms with Crippen molar-refractivity contribution >= 4 is 0 Å². The summed E-state index contributed by atoms with van der Waals surface area (Å²) in [6, 6.07) is 6.42. The Hall–Kier alpha value is -1.09. The Morgan fingerprint density at radius 3 is 2.64 bits per heavy atom. The minimum absolute atomic E-state index is 0.117. The summed E-state index contributed by atoms with van der Waals surface area (Å²) >= 11 is 0. The molecule has 0 amide bonds. The first-order chi connectivity index (χ1) is 6.71. The van der Waals surface area contributed by atoms with Crippen molar-refractivity contribution in [3.8, 4) is 5.75 Å². The van der Waals surface area contributed by atoms with Crippen LogP contribution in [0.2, 0.25) is 0 Å². The molecule has 1 heterocycles. The first-order valence-corrected chi connectivity index (χ1v) is 4.77. The molecule has 0 radical (unpaired) electrons. The highest BCUT2D eigenvalue weighted by molar-refractivity contribution is 5.31. The molecule has 14 heavy (non-hydrogen) atoms. The summed E-state index contributed by atoms with van der Waals surface area (Å²) < 4.78 is 19.4. The summed E-state index contributed by atoms with van der Waals surface area (Å²) in [5.41, 5.74) is -0.766. The minimum atomic E-state index is -1.32. The van der Waals surface area contributed by atoms with Gasteiger partial charge in [-0.3, -0.25) is 0 Å². The van der Waals surface area contributed by atoms with Crippen molar-refractivity contribution in [1.82, 2.24) is 0 Å². The van der Waals surface area contributed by atoms with Gasteiger partial charge in [-0.25, -0.2) is 4.39 Å². The number of ether oxygens (including phenoxy) is 1. The number of alkyl halides is 1. The standard InChI is InChI=1S/C11H13FO2/c12-11(4-6-14-7-5-11)9-2-1-3-10(13)8-9/h1-3,8,13H,4-7H2. The topological polar surface area (TPSA) is 29.5 Å². The van der Waals surface area contributed by atoms with E-state index in [-0.39, 0.29) is 5.75 Å². The lowest BCUT2D eigenvalue weighted by molar-refractivity contribution is -0.0115. The summed E-state index contributed by atoms with van der Waals surface area (Å²) in [6.07, 6.45) is 0.743. The van der Waals surface area contributed by atoms with E-state index in [0.717, 1.165) is 0 Å². The van der Waals surface area contributed by atoms with Gasteiger partial charge in [-0.15, -0.1) is 0 Å². The molecule has 2 nitrogen and oxygen atoms in total. The van der Waals surface area contributed by atoms with Gasteiger partial charge in [-0.05, 0) is 17.7 Å². The second kappa shape index (κ2) is 3.58. The number of benzene rings is 1. The Bertz CT molecular complexity index is 319. The van der Waals surface area contributed by atoms with E-state index in [1.54, 1.807) is 18.2 Å². The first-order valence-electron chi connectivity index (χ1n) is 4.77. The highest BCUT2D eigenvalue weighted by Gasteiger charge is 2.34. The molecular weight excluding hydrogens is 183 g/mol. The summed E-state index contributed by atoms with van der Waals surface area (Å²) in [5.74, 6) is 0.117. The third kappa shape index (κ3) is 1.73. The molecule has 1 N–H and O–H groups in total. The SMILES string of the molecule is Oc1cccc(C2(F)CCOCC2)c1. The predicted octanol–water partition coefficient (Wildman–Crippen LogP) is 2.37. The van der Waals surface area contributed by atoms with Gasteiger partial charge in [0.2, 0.25) is 0 Å². The summed E-state index contributed by atoms with van der Waals surface area (Å²) in [4.78, 5) is 0. The molecule has 1 aliphatic rings. The Labute approximate surface area is 82.3 Å². The van der Waals surface area contributed by atoms with Crippen LogP contribution in [-0.4, -0.2) is 18.3 Å². The number of hydrogen-bond donors (Lipinski definition) is 1. The number of phenols is 1. The van der Waals surface area contributed by atoms with Crippen LogP contribution in [0.4, 0.5) is 4.39 Å². The normalized spacial score (nSPS) is 20.6. The lowest BCUT2D eigenvalue weighted by atomic mass is 9.88. The average Bonchev–Trinajstić information content (AvgIpc) is 2.19. The summed E-state index contributed by atoms with van der Waals surface area (Å²) in [6.45, 7) is 0.901. The largest absolute Gasteiger partial charge is 0.508 e. The van der Waals surface area contributed by atoms with Crippen molar-refractivity contribution in [1.29, 1.82) is 0 Å². The zero-order valence-electron chi connectivity index (χ0n) is 7.87. The van der Waals surface area contributed by atoms with Crippen LogP contribution in [0.15, 0.2) is 24.3 Å². The van der Waals surface area contributed by atoms with Crippen molar-refractivity contribution in [2.24, 2.45) is 0 Å². The van der Waals surface area contributed by atoms with E-state index in [9.17, 15) is 9.50 Å². The van der Waals surface area contributed by atoms with Crippen LogP contribution in [0, 0.1) is 0 Å². The van der Waals surface area contributed by atoms with E-state index < -0.39 is 5.67 Å². The molecule has 0 bridgehead atoms. The van der Waals surface area contributed by atoms with E-state index in [2.05, 4.69) is 0 Å². The van der Waals surface area contributed by atoms with Crippen molar-refractivity contribution in [3.05, 3.63) is 29.8 Å². The molecule has 0 spiro atoms. The van der Waals surface area contributed by atoms with Crippen LogP contribution in [0.3, 0.4) is 0 Å². The van der Waals surface area contributed by atoms with Gasteiger partial charge >= 0.3 is 0 Å². The lowest BCUT2D eigenvalue weighted by Gasteiger charge is -2.29. The molecule has 76 valence electrons. The van der Waals surface area contributed by atoms with Crippen LogP contribution < -0.4 is 0 Å². The fourth-order valence-electron chi connectivity index (χ4n) is 1.77. The predicted molar refractivity (Wildman–Crippen MR) is 50.9 cm³/mol. The molecule has 2 rings (SSSR count). The van der Waals surface area contributed by atoms with Crippen molar-refractivity contribution in [2.45, 2.75) is 18.5 Å². The Morgan fingerprint density at radius 2 is 2.00 bits per heavy atom. The van der Waals surface area contributed by atoms with Gasteiger partial charge in [0.15, 0.2) is 0 Å². The highest BCUT2D eigenvalue weighted by atomic mass is 19.1. The van der Waals surface area contributed by atoms with Crippen molar-refractivity contribution in [3.63, 3.8) is 0 Å². The molecule has 1 aromatic rings. The number of phenolic OH excluding ortho intramolecular Hbond substituents is 1. The van der Waals surface area contributed by atoms with Gasteiger partial charge in [0.25, 0.3) is 0 Å². The van der Waals surface area contributed by atoms with Gasteiger partial charge in [0, 0.05) is 26.1 Å². The maximum Gasteiger partial charge on any atom is 0.140 e. The smallest absolute Gasteiger partial charge is 0.140 e. The first kappa shape index (κ1) is 9.46. The molecule has 1 aromatic carbocycles. The molecule has 0 saturated carbocycles. The average molecular weight is 196 g/mol. The quantitative estimate of drug-likeness (QED) is 0.747. The Morgan fingerprint density at radius 1 is 1.29 bits per heavy atom. The molecular formula is C11H13FO2. The second-order valence-corrected chi connectivity index (χ2v) is 3.63. The van der Waals surface area contributed by atoms with Gasteiger partial charge < -0.3 is 9.84 Å². The van der Waals surface area contributed by atoms with E-state index in [1.165, 1.54) is 6.07 Å². The van der Waals surface area contributed by atoms with Crippen LogP contribution in [0.25, 0.3) is 0 Å². The molecule has 1 saturated heterocycles. The summed E-state index contributed by atoms with van der Waals surface area (Å²) in [7, 11) is 0. The van der Waals surface area contributed by atoms with Gasteiger partial charge in [-0.2, -0.15) is 0 Å². The van der Waals surface area contributed by atoms with Crippen LogP contribution in [0.5, 0.6) is 5.75 Å².